The molecule has 80 valence electrons. The molecule has 0 spiro atoms. The molecule has 2 heterocycles. The molecule has 0 saturated carbocycles. The van der Waals surface area contributed by atoms with E-state index in [1.54, 1.807) is 0 Å². The van der Waals surface area contributed by atoms with Crippen molar-refractivity contribution in [2.24, 2.45) is 0 Å². The number of ether oxygens (including phenoxy) is 1. The van der Waals surface area contributed by atoms with Crippen LogP contribution in [0.25, 0.3) is 0 Å². The van der Waals surface area contributed by atoms with E-state index in [-0.39, 0.29) is 0 Å². The van der Waals surface area contributed by atoms with Crippen molar-refractivity contribution in [2.45, 2.75) is 13.0 Å². The summed E-state index contributed by atoms with van der Waals surface area (Å²) in [4.78, 5) is 2.47. The van der Waals surface area contributed by atoms with E-state index < -0.39 is 0 Å². The maximum Gasteiger partial charge on any atom is 0.142 e. The third kappa shape index (κ3) is 1.47. The van der Waals surface area contributed by atoms with Gasteiger partial charge in [0.25, 0.3) is 0 Å². The van der Waals surface area contributed by atoms with Gasteiger partial charge in [-0.05, 0) is 24.6 Å². The van der Waals surface area contributed by atoms with Gasteiger partial charge < -0.3 is 15.0 Å². The molecule has 1 saturated heterocycles. The lowest BCUT2D eigenvalue weighted by Crippen LogP contribution is -2.55. The van der Waals surface area contributed by atoms with Crippen molar-refractivity contribution in [2.75, 3.05) is 31.1 Å². The molecule has 0 amide bonds. The van der Waals surface area contributed by atoms with Gasteiger partial charge in [-0.1, -0.05) is 6.07 Å². The van der Waals surface area contributed by atoms with Crippen LogP contribution in [0.5, 0.6) is 5.75 Å². The Bertz CT molecular complexity index is 378. The van der Waals surface area contributed by atoms with Crippen LogP contribution in [0.1, 0.15) is 5.56 Å². The van der Waals surface area contributed by atoms with E-state index in [2.05, 4.69) is 35.3 Å². The molecule has 3 nitrogen and oxygen atoms in total. The summed E-state index contributed by atoms with van der Waals surface area (Å²) in [5.41, 5.74) is 2.57. The van der Waals surface area contributed by atoms with E-state index in [1.165, 1.54) is 11.3 Å². The smallest absolute Gasteiger partial charge is 0.142 e. The summed E-state index contributed by atoms with van der Waals surface area (Å²) in [6.07, 6.45) is 0. The second kappa shape index (κ2) is 3.42. The maximum atomic E-state index is 5.77. The fourth-order valence-corrected chi connectivity index (χ4v) is 2.39. The Kier molecular flexibility index (Phi) is 2.06. The zero-order valence-corrected chi connectivity index (χ0v) is 8.99. The number of rotatable bonds is 0. The summed E-state index contributed by atoms with van der Waals surface area (Å²) < 4.78 is 5.77. The van der Waals surface area contributed by atoms with Crippen LogP contribution in [0, 0.1) is 6.92 Å². The average Bonchev–Trinajstić information content (AvgIpc) is 2.29. The minimum Gasteiger partial charge on any atom is -0.489 e. The van der Waals surface area contributed by atoms with Crippen molar-refractivity contribution in [3.05, 3.63) is 23.8 Å². The van der Waals surface area contributed by atoms with Crippen LogP contribution >= 0.6 is 0 Å². The second-order valence-electron chi connectivity index (χ2n) is 4.33. The highest BCUT2D eigenvalue weighted by Crippen LogP contribution is 2.34. The number of aryl methyl sites for hydroxylation is 1. The first kappa shape index (κ1) is 9.04. The number of nitrogens with one attached hydrogen (secondary N) is 1. The quantitative estimate of drug-likeness (QED) is 0.686. The number of hydrogen-bond acceptors (Lipinski definition) is 3. The molecule has 15 heavy (non-hydrogen) atoms. The average molecular weight is 204 g/mol. The highest BCUT2D eigenvalue weighted by Gasteiger charge is 2.29. The number of anilines is 1. The molecule has 0 radical (unpaired) electrons. The van der Waals surface area contributed by atoms with Gasteiger partial charge in [-0.3, -0.25) is 0 Å². The lowest BCUT2D eigenvalue weighted by molar-refractivity contribution is 0.247. The van der Waals surface area contributed by atoms with E-state index in [1.807, 2.05) is 0 Å². The standard InChI is InChI=1S/C12H16N2O/c1-9-2-3-12-11(6-9)14-5-4-13-7-10(14)8-15-12/h2-3,6,10,13H,4-5,7-8H2,1H3. The Labute approximate surface area is 90.0 Å². The predicted octanol–water partition coefficient (Wildman–Crippen LogP) is 1.17. The predicted molar refractivity (Wildman–Crippen MR) is 60.7 cm³/mol. The summed E-state index contributed by atoms with van der Waals surface area (Å²) in [6, 6.07) is 6.94. The summed E-state index contributed by atoms with van der Waals surface area (Å²) in [6.45, 7) is 6.14. The fourth-order valence-electron chi connectivity index (χ4n) is 2.39. The van der Waals surface area contributed by atoms with E-state index in [0.717, 1.165) is 32.0 Å². The van der Waals surface area contributed by atoms with Crippen molar-refractivity contribution in [1.29, 1.82) is 0 Å². The van der Waals surface area contributed by atoms with Crippen molar-refractivity contribution in [1.82, 2.24) is 5.32 Å². The minimum absolute atomic E-state index is 0.507. The van der Waals surface area contributed by atoms with Crippen molar-refractivity contribution in [3.63, 3.8) is 0 Å². The fraction of sp³-hybridized carbons (Fsp3) is 0.500. The van der Waals surface area contributed by atoms with E-state index in [0.29, 0.717) is 6.04 Å². The molecule has 2 aliphatic rings. The molecule has 1 aromatic rings. The van der Waals surface area contributed by atoms with Crippen LogP contribution in [0.15, 0.2) is 18.2 Å². The van der Waals surface area contributed by atoms with Gasteiger partial charge in [0, 0.05) is 19.6 Å². The van der Waals surface area contributed by atoms with E-state index in [9.17, 15) is 0 Å². The lowest BCUT2D eigenvalue weighted by Gasteiger charge is -2.42. The molecule has 0 aliphatic carbocycles. The van der Waals surface area contributed by atoms with Crippen LogP contribution < -0.4 is 15.0 Å². The Hall–Kier alpha value is -1.22. The third-order valence-corrected chi connectivity index (χ3v) is 3.21. The zero-order chi connectivity index (χ0) is 10.3. The van der Waals surface area contributed by atoms with Gasteiger partial charge >= 0.3 is 0 Å². The van der Waals surface area contributed by atoms with Gasteiger partial charge in [0.2, 0.25) is 0 Å². The normalized spacial score (nSPS) is 24.1. The van der Waals surface area contributed by atoms with Gasteiger partial charge in [0.15, 0.2) is 0 Å². The highest BCUT2D eigenvalue weighted by molar-refractivity contribution is 5.62. The van der Waals surface area contributed by atoms with Crippen LogP contribution in [0.3, 0.4) is 0 Å². The number of benzene rings is 1. The summed E-state index contributed by atoms with van der Waals surface area (Å²) in [7, 11) is 0. The van der Waals surface area contributed by atoms with Crippen LogP contribution in [-0.2, 0) is 0 Å². The van der Waals surface area contributed by atoms with Gasteiger partial charge in [-0.25, -0.2) is 0 Å². The molecule has 3 heteroatoms. The van der Waals surface area contributed by atoms with E-state index >= 15 is 0 Å². The molecular formula is C12H16N2O. The van der Waals surface area contributed by atoms with Crippen LogP contribution in [0.4, 0.5) is 5.69 Å². The van der Waals surface area contributed by atoms with Gasteiger partial charge in [-0.2, -0.15) is 0 Å². The number of nitrogens with zero attached hydrogens (tertiary/aromatic N) is 1. The summed E-state index contributed by atoms with van der Waals surface area (Å²) >= 11 is 0. The summed E-state index contributed by atoms with van der Waals surface area (Å²) in [5.74, 6) is 1.04. The number of piperazine rings is 1. The monoisotopic (exact) mass is 204 g/mol. The van der Waals surface area contributed by atoms with Crippen molar-refractivity contribution in [3.8, 4) is 5.75 Å². The summed E-state index contributed by atoms with van der Waals surface area (Å²) in [5, 5.41) is 3.41. The first-order valence-corrected chi connectivity index (χ1v) is 5.55. The van der Waals surface area contributed by atoms with E-state index in [4.69, 9.17) is 4.74 Å². The molecule has 2 aliphatic heterocycles. The zero-order valence-electron chi connectivity index (χ0n) is 8.99. The maximum absolute atomic E-state index is 5.77. The first-order valence-electron chi connectivity index (χ1n) is 5.55. The Balaban J connectivity index is 2.01. The second-order valence-corrected chi connectivity index (χ2v) is 4.33. The molecule has 0 aromatic heterocycles. The molecule has 1 unspecified atom stereocenters. The SMILES string of the molecule is Cc1ccc2c(c1)N1CCNCC1CO2. The van der Waals surface area contributed by atoms with Crippen LogP contribution in [-0.4, -0.2) is 32.3 Å². The molecule has 1 aromatic carbocycles. The molecule has 3 rings (SSSR count). The Morgan fingerprint density at radius 3 is 3.33 bits per heavy atom. The molecule has 1 N–H and O–H groups in total. The largest absolute Gasteiger partial charge is 0.489 e. The molecular weight excluding hydrogens is 188 g/mol. The topological polar surface area (TPSA) is 24.5 Å². The lowest BCUT2D eigenvalue weighted by atomic mass is 10.1. The highest BCUT2D eigenvalue weighted by atomic mass is 16.5. The molecule has 0 bridgehead atoms. The Morgan fingerprint density at radius 1 is 1.47 bits per heavy atom. The number of hydrogen-bond donors (Lipinski definition) is 1. The Morgan fingerprint density at radius 2 is 2.40 bits per heavy atom. The van der Waals surface area contributed by atoms with Crippen molar-refractivity contribution < 1.29 is 4.74 Å². The number of fused-ring (bicyclic) bond motifs is 3. The minimum atomic E-state index is 0.507. The van der Waals surface area contributed by atoms with Crippen molar-refractivity contribution >= 4 is 5.69 Å². The molecule has 1 atom stereocenters. The van der Waals surface area contributed by atoms with Gasteiger partial charge in [0.05, 0.1) is 11.7 Å². The van der Waals surface area contributed by atoms with Gasteiger partial charge in [0.1, 0.15) is 12.4 Å². The van der Waals surface area contributed by atoms with Gasteiger partial charge in [-0.15, -0.1) is 0 Å². The third-order valence-electron chi connectivity index (χ3n) is 3.21. The first-order chi connectivity index (χ1) is 7.34. The molecule has 1 fully saturated rings. The van der Waals surface area contributed by atoms with Crippen LogP contribution in [0.2, 0.25) is 0 Å².